The molecular weight excluding hydrogens is 311 g/mol. The van der Waals surface area contributed by atoms with Gasteiger partial charge >= 0.3 is 6.18 Å². The molecule has 0 saturated carbocycles. The Kier molecular flexibility index (Phi) is 4.08. The number of rotatable bonds is 3. The van der Waals surface area contributed by atoms with Gasteiger partial charge < -0.3 is 10.1 Å². The van der Waals surface area contributed by atoms with Crippen molar-refractivity contribution in [2.75, 3.05) is 11.9 Å². The van der Waals surface area contributed by atoms with E-state index >= 15 is 0 Å². The normalized spacial score (nSPS) is 18.1. The number of ether oxygens (including phenoxy) is 1. The van der Waals surface area contributed by atoms with Gasteiger partial charge in [0.2, 0.25) is 0 Å². The van der Waals surface area contributed by atoms with Crippen LogP contribution in [0.5, 0.6) is 0 Å². The molecule has 1 aliphatic rings. The number of alkyl halides is 3. The minimum atomic E-state index is -4.59. The van der Waals surface area contributed by atoms with Crippen LogP contribution in [0.4, 0.5) is 18.9 Å². The molecule has 5 nitrogen and oxygen atoms in total. The van der Waals surface area contributed by atoms with E-state index in [0.717, 1.165) is 12.5 Å². The third-order valence-electron chi connectivity index (χ3n) is 3.56. The maximum atomic E-state index is 13.3. The van der Waals surface area contributed by atoms with Crippen LogP contribution in [0.2, 0.25) is 0 Å². The summed E-state index contributed by atoms with van der Waals surface area (Å²) < 4.78 is 46.4. The van der Waals surface area contributed by atoms with Crippen LogP contribution in [-0.2, 0) is 15.7 Å². The van der Waals surface area contributed by atoms with Crippen molar-refractivity contribution in [1.82, 2.24) is 9.78 Å². The minimum Gasteiger partial charge on any atom is -0.368 e. The second kappa shape index (κ2) is 6.04. The van der Waals surface area contributed by atoms with E-state index in [0.29, 0.717) is 13.0 Å². The average Bonchev–Trinajstić information content (AvgIpc) is 3.20. The van der Waals surface area contributed by atoms with Crippen LogP contribution in [-0.4, -0.2) is 28.4 Å². The van der Waals surface area contributed by atoms with Crippen LogP contribution in [0.15, 0.2) is 36.7 Å². The van der Waals surface area contributed by atoms with E-state index in [-0.39, 0.29) is 11.4 Å². The lowest BCUT2D eigenvalue weighted by Crippen LogP contribution is -2.28. The number of hydrogen-bond acceptors (Lipinski definition) is 3. The number of halogens is 3. The smallest absolute Gasteiger partial charge is 0.368 e. The van der Waals surface area contributed by atoms with E-state index in [1.54, 1.807) is 12.3 Å². The standard InChI is InChI=1S/C15H14F3N3O2/c16-15(17,18)11-9-10(21-7-2-6-19-21)4-5-12(11)20-14(22)13-3-1-8-23-13/h2,4-7,9,13H,1,3,8H2,(H,20,22)/t13-/m1/s1. The van der Waals surface area contributed by atoms with Crippen molar-refractivity contribution < 1.29 is 22.7 Å². The van der Waals surface area contributed by atoms with E-state index in [2.05, 4.69) is 10.4 Å². The number of carbonyl (C=O) groups is 1. The van der Waals surface area contributed by atoms with Crippen molar-refractivity contribution in [2.24, 2.45) is 0 Å². The lowest BCUT2D eigenvalue weighted by Gasteiger charge is -2.17. The van der Waals surface area contributed by atoms with Crippen LogP contribution in [0, 0.1) is 0 Å². The van der Waals surface area contributed by atoms with E-state index in [9.17, 15) is 18.0 Å². The molecule has 3 rings (SSSR count). The predicted molar refractivity (Wildman–Crippen MR) is 76.2 cm³/mol. The van der Waals surface area contributed by atoms with E-state index in [1.807, 2.05) is 0 Å². The zero-order valence-electron chi connectivity index (χ0n) is 12.0. The largest absolute Gasteiger partial charge is 0.418 e. The maximum Gasteiger partial charge on any atom is 0.418 e. The Morgan fingerprint density at radius 3 is 2.83 bits per heavy atom. The van der Waals surface area contributed by atoms with Gasteiger partial charge in [0.05, 0.1) is 16.9 Å². The molecule has 0 bridgehead atoms. The van der Waals surface area contributed by atoms with Crippen LogP contribution < -0.4 is 5.32 Å². The van der Waals surface area contributed by atoms with Gasteiger partial charge in [-0.25, -0.2) is 4.68 Å². The van der Waals surface area contributed by atoms with Gasteiger partial charge in [-0.3, -0.25) is 4.79 Å². The predicted octanol–water partition coefficient (Wildman–Crippen LogP) is 3.01. The molecule has 0 aliphatic carbocycles. The van der Waals surface area contributed by atoms with Crippen LogP contribution in [0.25, 0.3) is 5.69 Å². The summed E-state index contributed by atoms with van der Waals surface area (Å²) in [5.74, 6) is -0.556. The molecule has 1 amide bonds. The van der Waals surface area contributed by atoms with Crippen molar-refractivity contribution in [2.45, 2.75) is 25.1 Å². The highest BCUT2D eigenvalue weighted by Crippen LogP contribution is 2.36. The summed E-state index contributed by atoms with van der Waals surface area (Å²) in [6.07, 6.45) is -1.04. The Labute approximate surface area is 130 Å². The van der Waals surface area contributed by atoms with Crippen molar-refractivity contribution in [3.8, 4) is 5.69 Å². The van der Waals surface area contributed by atoms with Gasteiger partial charge in [-0.05, 0) is 37.1 Å². The van der Waals surface area contributed by atoms with Gasteiger partial charge in [0, 0.05) is 19.0 Å². The third-order valence-corrected chi connectivity index (χ3v) is 3.56. The number of anilines is 1. The number of amides is 1. The summed E-state index contributed by atoms with van der Waals surface area (Å²) in [5, 5.41) is 6.22. The molecule has 8 heteroatoms. The van der Waals surface area contributed by atoms with Gasteiger partial charge in [0.1, 0.15) is 6.10 Å². The first-order valence-corrected chi connectivity index (χ1v) is 7.09. The van der Waals surface area contributed by atoms with Crippen LogP contribution in [0.3, 0.4) is 0 Å². The van der Waals surface area contributed by atoms with Gasteiger partial charge in [-0.1, -0.05) is 0 Å². The first-order valence-electron chi connectivity index (χ1n) is 7.09. The summed E-state index contributed by atoms with van der Waals surface area (Å²) >= 11 is 0. The van der Waals surface area contributed by atoms with Crippen LogP contribution >= 0.6 is 0 Å². The molecular formula is C15H14F3N3O2. The lowest BCUT2D eigenvalue weighted by atomic mass is 10.1. The van der Waals surface area contributed by atoms with Gasteiger partial charge in [0.15, 0.2) is 0 Å². The van der Waals surface area contributed by atoms with Crippen molar-refractivity contribution >= 4 is 11.6 Å². The Morgan fingerprint density at radius 1 is 1.39 bits per heavy atom. The number of hydrogen-bond donors (Lipinski definition) is 1. The highest BCUT2D eigenvalue weighted by atomic mass is 19.4. The minimum absolute atomic E-state index is 0.262. The molecule has 2 heterocycles. The monoisotopic (exact) mass is 325 g/mol. The van der Waals surface area contributed by atoms with E-state index in [1.165, 1.54) is 23.0 Å². The maximum absolute atomic E-state index is 13.3. The lowest BCUT2D eigenvalue weighted by molar-refractivity contribution is -0.137. The van der Waals surface area contributed by atoms with Crippen molar-refractivity contribution in [1.29, 1.82) is 0 Å². The molecule has 23 heavy (non-hydrogen) atoms. The average molecular weight is 325 g/mol. The van der Waals surface area contributed by atoms with Gasteiger partial charge in [-0.2, -0.15) is 18.3 Å². The van der Waals surface area contributed by atoms with Crippen molar-refractivity contribution in [3.63, 3.8) is 0 Å². The van der Waals surface area contributed by atoms with Crippen LogP contribution in [0.1, 0.15) is 18.4 Å². The van der Waals surface area contributed by atoms with Gasteiger partial charge in [-0.15, -0.1) is 0 Å². The highest BCUT2D eigenvalue weighted by molar-refractivity contribution is 5.95. The topological polar surface area (TPSA) is 56.2 Å². The molecule has 0 spiro atoms. The SMILES string of the molecule is O=C(Nc1ccc(-n2cccn2)cc1C(F)(F)F)[C@H]1CCCO1. The fourth-order valence-corrected chi connectivity index (χ4v) is 2.44. The molecule has 0 unspecified atom stereocenters. The number of benzene rings is 1. The Morgan fingerprint density at radius 2 is 2.22 bits per heavy atom. The third kappa shape index (κ3) is 3.37. The molecule has 1 aliphatic heterocycles. The number of aromatic nitrogens is 2. The zero-order chi connectivity index (χ0) is 16.4. The highest BCUT2D eigenvalue weighted by Gasteiger charge is 2.35. The molecule has 0 radical (unpaired) electrons. The molecule has 1 aromatic heterocycles. The fourth-order valence-electron chi connectivity index (χ4n) is 2.44. The Balaban J connectivity index is 1.91. The first-order chi connectivity index (χ1) is 10.9. The number of carbonyl (C=O) groups excluding carboxylic acids is 1. The summed E-state index contributed by atoms with van der Waals surface area (Å²) in [6.45, 7) is 0.447. The number of nitrogens with one attached hydrogen (secondary N) is 1. The molecule has 1 saturated heterocycles. The number of nitrogens with zero attached hydrogens (tertiary/aromatic N) is 2. The molecule has 1 N–H and O–H groups in total. The first kappa shape index (κ1) is 15.5. The second-order valence-electron chi connectivity index (χ2n) is 5.17. The van der Waals surface area contributed by atoms with Crippen molar-refractivity contribution in [3.05, 3.63) is 42.2 Å². The van der Waals surface area contributed by atoms with E-state index < -0.39 is 23.8 Å². The zero-order valence-corrected chi connectivity index (χ0v) is 12.0. The summed E-state index contributed by atoms with van der Waals surface area (Å²) in [5.41, 5.74) is -0.941. The molecule has 1 aromatic carbocycles. The molecule has 122 valence electrons. The summed E-state index contributed by atoms with van der Waals surface area (Å²) in [4.78, 5) is 12.0. The second-order valence-corrected chi connectivity index (χ2v) is 5.17. The van der Waals surface area contributed by atoms with E-state index in [4.69, 9.17) is 4.74 Å². The quantitative estimate of drug-likeness (QED) is 0.944. The molecule has 1 atom stereocenters. The Hall–Kier alpha value is -2.35. The molecule has 2 aromatic rings. The molecule has 1 fully saturated rings. The Bertz CT molecular complexity index is 692. The fraction of sp³-hybridized carbons (Fsp3) is 0.333. The summed E-state index contributed by atoms with van der Waals surface area (Å²) in [6, 6.07) is 5.26. The van der Waals surface area contributed by atoms with Gasteiger partial charge in [0.25, 0.3) is 5.91 Å². The summed E-state index contributed by atoms with van der Waals surface area (Å²) in [7, 11) is 0.